The Labute approximate surface area is 128 Å². The van der Waals surface area contributed by atoms with E-state index in [1.54, 1.807) is 6.07 Å². The van der Waals surface area contributed by atoms with Gasteiger partial charge in [0.15, 0.2) is 0 Å². The topological polar surface area (TPSA) is 66.4 Å². The minimum absolute atomic E-state index is 0.0708. The summed E-state index contributed by atoms with van der Waals surface area (Å²) in [6.45, 7) is 0. The highest BCUT2D eigenvalue weighted by molar-refractivity contribution is 9.10. The largest absolute Gasteiger partial charge is 0.478 e. The van der Waals surface area contributed by atoms with Gasteiger partial charge >= 0.3 is 5.97 Å². The van der Waals surface area contributed by atoms with Crippen LogP contribution in [0.4, 0.5) is 10.1 Å². The molecule has 4 nitrogen and oxygen atoms in total. The van der Waals surface area contributed by atoms with E-state index < -0.39 is 5.97 Å². The summed E-state index contributed by atoms with van der Waals surface area (Å²) < 4.78 is 13.3. The molecular formula is C15H11BrFNO3. The Hall–Kier alpha value is -2.21. The van der Waals surface area contributed by atoms with Crippen molar-refractivity contribution in [2.45, 2.75) is 6.42 Å². The maximum absolute atomic E-state index is 12.8. The summed E-state index contributed by atoms with van der Waals surface area (Å²) in [5.41, 5.74) is 1.12. The Bertz CT molecular complexity index is 686. The molecule has 0 saturated heterocycles. The van der Waals surface area contributed by atoms with E-state index in [0.29, 0.717) is 15.7 Å². The van der Waals surface area contributed by atoms with Crippen molar-refractivity contribution >= 4 is 33.5 Å². The molecule has 0 saturated carbocycles. The number of amides is 1. The van der Waals surface area contributed by atoms with Gasteiger partial charge in [-0.25, -0.2) is 9.18 Å². The summed E-state index contributed by atoms with van der Waals surface area (Å²) in [6, 6.07) is 10.0. The fourth-order valence-electron chi connectivity index (χ4n) is 1.78. The van der Waals surface area contributed by atoms with Gasteiger partial charge in [-0.05, 0) is 35.9 Å². The number of aromatic carboxylic acids is 1. The summed E-state index contributed by atoms with van der Waals surface area (Å²) in [5, 5.41) is 11.6. The molecule has 2 rings (SSSR count). The van der Waals surface area contributed by atoms with Crippen molar-refractivity contribution in [3.63, 3.8) is 0 Å². The zero-order chi connectivity index (χ0) is 15.4. The van der Waals surface area contributed by atoms with Crippen molar-refractivity contribution in [2.75, 3.05) is 5.32 Å². The van der Waals surface area contributed by atoms with Crippen molar-refractivity contribution in [2.24, 2.45) is 0 Å². The molecule has 21 heavy (non-hydrogen) atoms. The second-order valence-corrected chi connectivity index (χ2v) is 5.30. The first-order chi connectivity index (χ1) is 9.94. The van der Waals surface area contributed by atoms with Gasteiger partial charge in [-0.2, -0.15) is 0 Å². The summed E-state index contributed by atoms with van der Waals surface area (Å²) in [6.07, 6.45) is 0.0786. The van der Waals surface area contributed by atoms with Gasteiger partial charge < -0.3 is 10.4 Å². The molecular weight excluding hydrogens is 341 g/mol. The number of benzene rings is 2. The van der Waals surface area contributed by atoms with Crippen LogP contribution in [-0.4, -0.2) is 17.0 Å². The molecule has 0 heterocycles. The summed E-state index contributed by atoms with van der Waals surface area (Å²) in [5.74, 6) is -1.75. The molecule has 0 aromatic heterocycles. The fraction of sp³-hybridized carbons (Fsp3) is 0.0667. The number of hydrogen-bond donors (Lipinski definition) is 2. The molecule has 0 radical (unpaired) electrons. The van der Waals surface area contributed by atoms with Crippen molar-refractivity contribution in [1.29, 1.82) is 0 Å². The third kappa shape index (κ3) is 4.39. The van der Waals surface area contributed by atoms with Gasteiger partial charge in [-0.3, -0.25) is 4.79 Å². The molecule has 0 aliphatic carbocycles. The van der Waals surface area contributed by atoms with Gasteiger partial charge in [-0.1, -0.05) is 28.1 Å². The lowest BCUT2D eigenvalue weighted by Crippen LogP contribution is -2.14. The molecule has 108 valence electrons. The Morgan fingerprint density at radius 1 is 1.14 bits per heavy atom. The first-order valence-electron chi connectivity index (χ1n) is 6.02. The van der Waals surface area contributed by atoms with Gasteiger partial charge in [0.05, 0.1) is 12.0 Å². The smallest absolute Gasteiger partial charge is 0.335 e. The molecule has 6 heteroatoms. The lowest BCUT2D eigenvalue weighted by atomic mass is 10.1. The minimum atomic E-state index is -1.08. The monoisotopic (exact) mass is 351 g/mol. The average Bonchev–Trinajstić information content (AvgIpc) is 2.40. The normalized spacial score (nSPS) is 10.2. The van der Waals surface area contributed by atoms with E-state index >= 15 is 0 Å². The first kappa shape index (κ1) is 15.2. The summed E-state index contributed by atoms with van der Waals surface area (Å²) in [4.78, 5) is 22.8. The third-order valence-corrected chi connectivity index (χ3v) is 3.16. The molecule has 2 N–H and O–H groups in total. The van der Waals surface area contributed by atoms with Gasteiger partial charge in [0.25, 0.3) is 0 Å². The SMILES string of the molecule is O=C(Cc1ccc(F)cc1)Nc1cc(Br)cc(C(=O)O)c1. The van der Waals surface area contributed by atoms with Crippen LogP contribution in [-0.2, 0) is 11.2 Å². The van der Waals surface area contributed by atoms with Crippen molar-refractivity contribution in [3.05, 3.63) is 63.9 Å². The number of hydrogen-bond acceptors (Lipinski definition) is 2. The molecule has 0 atom stereocenters. The predicted molar refractivity (Wildman–Crippen MR) is 79.8 cm³/mol. The van der Waals surface area contributed by atoms with Gasteiger partial charge in [0.1, 0.15) is 5.82 Å². The Balaban J connectivity index is 2.09. The first-order valence-corrected chi connectivity index (χ1v) is 6.81. The molecule has 1 amide bonds. The lowest BCUT2D eigenvalue weighted by molar-refractivity contribution is -0.115. The van der Waals surface area contributed by atoms with E-state index in [1.165, 1.54) is 36.4 Å². The van der Waals surface area contributed by atoms with Crippen LogP contribution >= 0.6 is 15.9 Å². The quantitative estimate of drug-likeness (QED) is 0.886. The van der Waals surface area contributed by atoms with Crippen LogP contribution in [0.5, 0.6) is 0 Å². The number of carboxylic acid groups (broad SMARTS) is 1. The number of anilines is 1. The number of carbonyl (C=O) groups excluding carboxylic acids is 1. The van der Waals surface area contributed by atoms with Crippen LogP contribution in [0, 0.1) is 5.82 Å². The number of rotatable bonds is 4. The van der Waals surface area contributed by atoms with Crippen molar-refractivity contribution < 1.29 is 19.1 Å². The molecule has 2 aromatic carbocycles. The number of carbonyl (C=O) groups is 2. The molecule has 0 unspecified atom stereocenters. The van der Waals surface area contributed by atoms with Crippen LogP contribution < -0.4 is 5.32 Å². The number of halogens is 2. The summed E-state index contributed by atoms with van der Waals surface area (Å²) in [7, 11) is 0. The van der Waals surface area contributed by atoms with Crippen LogP contribution in [0.1, 0.15) is 15.9 Å². The van der Waals surface area contributed by atoms with E-state index in [0.717, 1.165) is 0 Å². The highest BCUT2D eigenvalue weighted by atomic mass is 79.9. The van der Waals surface area contributed by atoms with E-state index in [9.17, 15) is 14.0 Å². The standard InChI is InChI=1S/C15H11BrFNO3/c16-11-6-10(15(20)21)7-13(8-11)18-14(19)5-9-1-3-12(17)4-2-9/h1-4,6-8H,5H2,(H,18,19)(H,20,21). The van der Waals surface area contributed by atoms with Gasteiger partial charge in [0.2, 0.25) is 5.91 Å². The van der Waals surface area contributed by atoms with Crippen LogP contribution in [0.25, 0.3) is 0 Å². The van der Waals surface area contributed by atoms with Crippen molar-refractivity contribution in [1.82, 2.24) is 0 Å². The van der Waals surface area contributed by atoms with Crippen LogP contribution in [0.15, 0.2) is 46.9 Å². The fourth-order valence-corrected chi connectivity index (χ4v) is 2.27. The molecule has 0 aliphatic rings. The predicted octanol–water partition coefficient (Wildman–Crippen LogP) is 3.47. The molecule has 0 bridgehead atoms. The maximum atomic E-state index is 12.8. The van der Waals surface area contributed by atoms with Gasteiger partial charge in [-0.15, -0.1) is 0 Å². The molecule has 0 fully saturated rings. The van der Waals surface area contributed by atoms with Crippen LogP contribution in [0.3, 0.4) is 0 Å². The number of carboxylic acids is 1. The van der Waals surface area contributed by atoms with E-state index in [4.69, 9.17) is 5.11 Å². The summed E-state index contributed by atoms with van der Waals surface area (Å²) >= 11 is 3.19. The average molecular weight is 352 g/mol. The highest BCUT2D eigenvalue weighted by Crippen LogP contribution is 2.20. The van der Waals surface area contributed by atoms with Crippen molar-refractivity contribution in [3.8, 4) is 0 Å². The Morgan fingerprint density at radius 2 is 1.81 bits per heavy atom. The van der Waals surface area contributed by atoms with E-state index in [-0.39, 0.29) is 23.7 Å². The molecule has 2 aromatic rings. The molecule has 0 spiro atoms. The zero-order valence-corrected chi connectivity index (χ0v) is 12.4. The highest BCUT2D eigenvalue weighted by Gasteiger charge is 2.09. The van der Waals surface area contributed by atoms with Crippen LogP contribution in [0.2, 0.25) is 0 Å². The lowest BCUT2D eigenvalue weighted by Gasteiger charge is -2.07. The van der Waals surface area contributed by atoms with Gasteiger partial charge in [0, 0.05) is 10.2 Å². The second-order valence-electron chi connectivity index (χ2n) is 4.39. The van der Waals surface area contributed by atoms with E-state index in [1.807, 2.05) is 0 Å². The second kappa shape index (κ2) is 6.49. The minimum Gasteiger partial charge on any atom is -0.478 e. The Kier molecular flexibility index (Phi) is 4.70. The zero-order valence-electron chi connectivity index (χ0n) is 10.8. The number of nitrogens with one attached hydrogen (secondary N) is 1. The molecule has 0 aliphatic heterocycles. The maximum Gasteiger partial charge on any atom is 0.335 e. The van der Waals surface area contributed by atoms with E-state index in [2.05, 4.69) is 21.2 Å². The third-order valence-electron chi connectivity index (χ3n) is 2.71. The Morgan fingerprint density at radius 3 is 2.43 bits per heavy atom.